The molecule has 0 aliphatic rings. The first-order valence-corrected chi connectivity index (χ1v) is 7.79. The molecule has 0 unspecified atom stereocenters. The van der Waals surface area contributed by atoms with Crippen LogP contribution in [0.1, 0.15) is 18.6 Å². The average molecular weight is 333 g/mol. The lowest BCUT2D eigenvalue weighted by Gasteiger charge is -2.11. The highest BCUT2D eigenvalue weighted by Crippen LogP contribution is 2.16. The summed E-state index contributed by atoms with van der Waals surface area (Å²) in [6.45, 7) is 5.99. The smallest absolute Gasteiger partial charge is 0.248 e. The van der Waals surface area contributed by atoms with Crippen molar-refractivity contribution >= 4 is 5.96 Å². The van der Waals surface area contributed by atoms with Crippen LogP contribution in [-0.4, -0.2) is 42.9 Å². The molecule has 0 saturated heterocycles. The molecule has 0 spiro atoms. The van der Waals surface area contributed by atoms with Gasteiger partial charge in [-0.3, -0.25) is 0 Å². The summed E-state index contributed by atoms with van der Waals surface area (Å²) >= 11 is 0. The molecule has 2 aromatic rings. The molecular formula is C16H23N5O3. The molecule has 24 heavy (non-hydrogen) atoms. The second-order valence-corrected chi connectivity index (χ2v) is 4.88. The van der Waals surface area contributed by atoms with Crippen LogP contribution in [-0.2, 0) is 6.54 Å². The summed E-state index contributed by atoms with van der Waals surface area (Å²) in [5, 5.41) is 10.1. The lowest BCUT2D eigenvalue weighted by atomic mass is 10.3. The Balaban J connectivity index is 1.75. The Morgan fingerprint density at radius 2 is 1.96 bits per heavy atom. The van der Waals surface area contributed by atoms with E-state index in [4.69, 9.17) is 14.0 Å². The number of rotatable bonds is 8. The molecule has 0 fully saturated rings. The quantitative estimate of drug-likeness (QED) is 0.430. The van der Waals surface area contributed by atoms with Gasteiger partial charge in [-0.1, -0.05) is 5.16 Å². The highest BCUT2D eigenvalue weighted by atomic mass is 16.5. The van der Waals surface area contributed by atoms with E-state index in [1.807, 2.05) is 31.2 Å². The average Bonchev–Trinajstić information content (AvgIpc) is 3.02. The predicted molar refractivity (Wildman–Crippen MR) is 90.3 cm³/mol. The maximum atomic E-state index is 5.66. The molecule has 0 aliphatic heterocycles. The topological polar surface area (TPSA) is 93.8 Å². The number of ether oxygens (including phenoxy) is 2. The number of hydrogen-bond donors (Lipinski definition) is 2. The number of nitrogens with one attached hydrogen (secondary N) is 2. The third-order valence-electron chi connectivity index (χ3n) is 3.01. The molecule has 0 saturated carbocycles. The van der Waals surface area contributed by atoms with E-state index < -0.39 is 0 Å². The SMILES string of the molecule is CCNC(=NCc1nc(C)no1)NCCOc1ccc(OC)cc1. The Morgan fingerprint density at radius 3 is 2.58 bits per heavy atom. The Kier molecular flexibility index (Phi) is 6.88. The highest BCUT2D eigenvalue weighted by Gasteiger charge is 2.03. The van der Waals surface area contributed by atoms with Gasteiger partial charge in [0.05, 0.1) is 13.7 Å². The summed E-state index contributed by atoms with van der Waals surface area (Å²) in [7, 11) is 1.64. The molecule has 130 valence electrons. The Hall–Kier alpha value is -2.77. The summed E-state index contributed by atoms with van der Waals surface area (Å²) in [5.41, 5.74) is 0. The van der Waals surface area contributed by atoms with Crippen molar-refractivity contribution in [2.24, 2.45) is 4.99 Å². The number of methoxy groups -OCH3 is 1. The number of aliphatic imine (C=N–C) groups is 1. The standard InChI is InChI=1S/C16H23N5O3/c1-4-17-16(19-11-15-20-12(2)21-24-15)18-9-10-23-14-7-5-13(22-3)6-8-14/h5-8H,4,9-11H2,1-3H3,(H2,17,18,19). The van der Waals surface area contributed by atoms with E-state index in [1.54, 1.807) is 14.0 Å². The predicted octanol–water partition coefficient (Wildman–Crippen LogP) is 1.52. The molecular weight excluding hydrogens is 310 g/mol. The van der Waals surface area contributed by atoms with Crippen LogP contribution in [0.15, 0.2) is 33.8 Å². The van der Waals surface area contributed by atoms with Crippen molar-refractivity contribution in [3.8, 4) is 11.5 Å². The van der Waals surface area contributed by atoms with Gasteiger partial charge >= 0.3 is 0 Å². The van der Waals surface area contributed by atoms with E-state index in [9.17, 15) is 0 Å². The fraction of sp³-hybridized carbons (Fsp3) is 0.438. The minimum absolute atomic E-state index is 0.329. The number of guanidine groups is 1. The maximum absolute atomic E-state index is 5.66. The van der Waals surface area contributed by atoms with Gasteiger partial charge in [0.15, 0.2) is 11.8 Å². The Morgan fingerprint density at radius 1 is 1.21 bits per heavy atom. The maximum Gasteiger partial charge on any atom is 0.248 e. The zero-order valence-corrected chi connectivity index (χ0v) is 14.2. The van der Waals surface area contributed by atoms with Gasteiger partial charge in [-0.05, 0) is 38.1 Å². The summed E-state index contributed by atoms with van der Waals surface area (Å²) in [6.07, 6.45) is 0. The summed E-state index contributed by atoms with van der Waals surface area (Å²) < 4.78 is 15.8. The molecule has 2 rings (SSSR count). The second-order valence-electron chi connectivity index (χ2n) is 4.88. The van der Waals surface area contributed by atoms with Crippen LogP contribution >= 0.6 is 0 Å². The van der Waals surface area contributed by atoms with Crippen LogP contribution in [0.2, 0.25) is 0 Å². The lowest BCUT2D eigenvalue weighted by molar-refractivity contribution is 0.321. The van der Waals surface area contributed by atoms with E-state index in [1.165, 1.54) is 0 Å². The normalized spacial score (nSPS) is 11.2. The summed E-state index contributed by atoms with van der Waals surface area (Å²) in [4.78, 5) is 8.51. The van der Waals surface area contributed by atoms with Gasteiger partial charge < -0.3 is 24.6 Å². The number of hydrogen-bond acceptors (Lipinski definition) is 6. The van der Waals surface area contributed by atoms with Crippen molar-refractivity contribution in [1.29, 1.82) is 0 Å². The molecule has 2 N–H and O–H groups in total. The van der Waals surface area contributed by atoms with Gasteiger partial charge in [-0.15, -0.1) is 0 Å². The van der Waals surface area contributed by atoms with Crippen LogP contribution in [0, 0.1) is 6.92 Å². The lowest BCUT2D eigenvalue weighted by Crippen LogP contribution is -2.39. The Labute approximate surface area is 141 Å². The number of aromatic nitrogens is 2. The molecule has 0 aliphatic carbocycles. The molecule has 0 atom stereocenters. The highest BCUT2D eigenvalue weighted by molar-refractivity contribution is 5.79. The van der Waals surface area contributed by atoms with Crippen LogP contribution < -0.4 is 20.1 Å². The Bertz CT molecular complexity index is 639. The third-order valence-corrected chi connectivity index (χ3v) is 3.01. The van der Waals surface area contributed by atoms with Gasteiger partial charge in [-0.2, -0.15) is 4.98 Å². The zero-order chi connectivity index (χ0) is 17.2. The molecule has 1 heterocycles. The van der Waals surface area contributed by atoms with Crippen LogP contribution in [0.3, 0.4) is 0 Å². The van der Waals surface area contributed by atoms with Crippen molar-refractivity contribution < 1.29 is 14.0 Å². The fourth-order valence-corrected chi connectivity index (χ4v) is 1.90. The third kappa shape index (κ3) is 5.79. The van der Waals surface area contributed by atoms with Crippen LogP contribution in [0.5, 0.6) is 11.5 Å². The monoisotopic (exact) mass is 333 g/mol. The van der Waals surface area contributed by atoms with Crippen LogP contribution in [0.4, 0.5) is 0 Å². The van der Waals surface area contributed by atoms with Crippen molar-refractivity contribution in [2.45, 2.75) is 20.4 Å². The van der Waals surface area contributed by atoms with Gasteiger partial charge in [-0.25, -0.2) is 4.99 Å². The van der Waals surface area contributed by atoms with Gasteiger partial charge in [0.25, 0.3) is 0 Å². The summed E-state index contributed by atoms with van der Waals surface area (Å²) in [6, 6.07) is 7.47. The van der Waals surface area contributed by atoms with Crippen molar-refractivity contribution in [3.63, 3.8) is 0 Å². The first-order chi connectivity index (χ1) is 11.7. The van der Waals surface area contributed by atoms with E-state index in [0.29, 0.717) is 37.4 Å². The molecule has 0 radical (unpaired) electrons. The van der Waals surface area contributed by atoms with Gasteiger partial charge in [0.2, 0.25) is 5.89 Å². The van der Waals surface area contributed by atoms with Gasteiger partial charge in [0, 0.05) is 6.54 Å². The molecule has 1 aromatic heterocycles. The largest absolute Gasteiger partial charge is 0.497 e. The molecule has 8 heteroatoms. The number of benzene rings is 1. The zero-order valence-electron chi connectivity index (χ0n) is 14.2. The van der Waals surface area contributed by atoms with E-state index in [0.717, 1.165) is 18.0 Å². The van der Waals surface area contributed by atoms with E-state index >= 15 is 0 Å². The van der Waals surface area contributed by atoms with Gasteiger partial charge in [0.1, 0.15) is 24.7 Å². The fourth-order valence-electron chi connectivity index (χ4n) is 1.90. The summed E-state index contributed by atoms with van der Waals surface area (Å²) in [5.74, 6) is 3.36. The molecule has 1 aromatic carbocycles. The van der Waals surface area contributed by atoms with Crippen LogP contribution in [0.25, 0.3) is 0 Å². The first kappa shape index (κ1) is 17.6. The number of aryl methyl sites for hydroxylation is 1. The van der Waals surface area contributed by atoms with Crippen molar-refractivity contribution in [2.75, 3.05) is 26.8 Å². The van der Waals surface area contributed by atoms with Crippen molar-refractivity contribution in [1.82, 2.24) is 20.8 Å². The second kappa shape index (κ2) is 9.39. The molecule has 0 amide bonds. The van der Waals surface area contributed by atoms with E-state index in [-0.39, 0.29) is 0 Å². The van der Waals surface area contributed by atoms with E-state index in [2.05, 4.69) is 25.8 Å². The number of nitrogens with zero attached hydrogens (tertiary/aromatic N) is 3. The minimum atomic E-state index is 0.329. The van der Waals surface area contributed by atoms with Crippen molar-refractivity contribution in [3.05, 3.63) is 36.0 Å². The molecule has 8 nitrogen and oxygen atoms in total. The first-order valence-electron chi connectivity index (χ1n) is 7.79. The molecule has 0 bridgehead atoms. The minimum Gasteiger partial charge on any atom is -0.497 e.